The van der Waals surface area contributed by atoms with E-state index in [4.69, 9.17) is 11.5 Å². The van der Waals surface area contributed by atoms with Crippen molar-refractivity contribution in [3.8, 4) is 0 Å². The molecule has 12 heavy (non-hydrogen) atoms. The van der Waals surface area contributed by atoms with Crippen molar-refractivity contribution in [1.82, 2.24) is 4.98 Å². The summed E-state index contributed by atoms with van der Waals surface area (Å²) in [4.78, 5) is 14.7. The molecule has 4 N–H and O–H groups in total. The molecule has 0 aliphatic carbocycles. The van der Waals surface area contributed by atoms with Crippen LogP contribution in [0.3, 0.4) is 0 Å². The van der Waals surface area contributed by atoms with Crippen LogP contribution in [0.2, 0.25) is 0 Å². The van der Waals surface area contributed by atoms with Gasteiger partial charge >= 0.3 is 0 Å². The van der Waals surface area contributed by atoms with Gasteiger partial charge in [-0.25, -0.2) is 0 Å². The first-order valence-corrected chi connectivity index (χ1v) is 3.54. The van der Waals surface area contributed by atoms with Crippen LogP contribution in [0.15, 0.2) is 24.5 Å². The largest absolute Gasteiger partial charge is 0.368 e. The number of nitrogens with zero attached hydrogens (tertiary/aromatic N) is 1. The van der Waals surface area contributed by atoms with Crippen molar-refractivity contribution in [1.29, 1.82) is 0 Å². The van der Waals surface area contributed by atoms with Crippen molar-refractivity contribution in [2.75, 3.05) is 0 Å². The number of pyridine rings is 1. The maximum absolute atomic E-state index is 10.9. The van der Waals surface area contributed by atoms with Crippen molar-refractivity contribution in [2.45, 2.75) is 12.5 Å². The van der Waals surface area contributed by atoms with Crippen LogP contribution in [-0.4, -0.2) is 10.9 Å². The lowest BCUT2D eigenvalue weighted by atomic mass is 9.94. The molecule has 4 nitrogen and oxygen atoms in total. The summed E-state index contributed by atoms with van der Waals surface area (Å²) in [6.07, 6.45) is 3.15. The molecule has 1 unspecified atom stereocenters. The van der Waals surface area contributed by atoms with Gasteiger partial charge in [0, 0.05) is 12.4 Å². The van der Waals surface area contributed by atoms with E-state index in [9.17, 15) is 4.79 Å². The van der Waals surface area contributed by atoms with E-state index in [0.29, 0.717) is 5.56 Å². The molecule has 64 valence electrons. The molecule has 0 radical (unpaired) electrons. The van der Waals surface area contributed by atoms with Gasteiger partial charge in [0.1, 0.15) is 5.54 Å². The Morgan fingerprint density at radius 1 is 1.50 bits per heavy atom. The highest BCUT2D eigenvalue weighted by Crippen LogP contribution is 2.15. The summed E-state index contributed by atoms with van der Waals surface area (Å²) in [5.41, 5.74) is 10.4. The van der Waals surface area contributed by atoms with Gasteiger partial charge in [-0.3, -0.25) is 9.78 Å². The van der Waals surface area contributed by atoms with Gasteiger partial charge < -0.3 is 11.5 Å². The van der Waals surface area contributed by atoms with Crippen LogP contribution in [0, 0.1) is 0 Å². The fourth-order valence-electron chi connectivity index (χ4n) is 0.840. The van der Waals surface area contributed by atoms with E-state index < -0.39 is 11.4 Å². The zero-order chi connectivity index (χ0) is 9.19. The van der Waals surface area contributed by atoms with Gasteiger partial charge in [0.15, 0.2) is 0 Å². The SMILES string of the molecule is CC(N)(C(N)=O)c1ccncc1. The van der Waals surface area contributed by atoms with E-state index in [0.717, 1.165) is 0 Å². The molecule has 1 heterocycles. The summed E-state index contributed by atoms with van der Waals surface area (Å²) in [5, 5.41) is 0. The second-order valence-electron chi connectivity index (χ2n) is 2.80. The molecule has 0 saturated carbocycles. The van der Waals surface area contributed by atoms with Crippen molar-refractivity contribution >= 4 is 5.91 Å². The lowest BCUT2D eigenvalue weighted by Crippen LogP contribution is -2.46. The van der Waals surface area contributed by atoms with Crippen LogP contribution in [0.1, 0.15) is 12.5 Å². The minimum Gasteiger partial charge on any atom is -0.368 e. The standard InChI is InChI=1S/C8H11N3O/c1-8(10,7(9)12)6-2-4-11-5-3-6/h2-5H,10H2,1H3,(H2,9,12). The Bertz CT molecular complexity index is 282. The Hall–Kier alpha value is -1.42. The number of hydrogen-bond acceptors (Lipinski definition) is 3. The number of amides is 1. The zero-order valence-electron chi connectivity index (χ0n) is 6.82. The van der Waals surface area contributed by atoms with E-state index in [1.807, 2.05) is 0 Å². The Labute approximate surface area is 70.6 Å². The van der Waals surface area contributed by atoms with E-state index in [-0.39, 0.29) is 0 Å². The number of carbonyl (C=O) groups excluding carboxylic acids is 1. The van der Waals surface area contributed by atoms with E-state index in [2.05, 4.69) is 4.98 Å². The molecule has 1 aromatic heterocycles. The quantitative estimate of drug-likeness (QED) is 0.633. The highest BCUT2D eigenvalue weighted by atomic mass is 16.1. The maximum atomic E-state index is 10.9. The molecular weight excluding hydrogens is 154 g/mol. The number of carbonyl (C=O) groups is 1. The fraction of sp³-hybridized carbons (Fsp3) is 0.250. The Kier molecular flexibility index (Phi) is 2.10. The first-order chi connectivity index (χ1) is 5.55. The predicted molar refractivity (Wildman–Crippen MR) is 45.0 cm³/mol. The van der Waals surface area contributed by atoms with Crippen molar-refractivity contribution < 1.29 is 4.79 Å². The predicted octanol–water partition coefficient (Wildman–Crippen LogP) is -0.259. The Morgan fingerprint density at radius 2 is 2.00 bits per heavy atom. The third kappa shape index (κ3) is 1.43. The molecule has 1 atom stereocenters. The molecule has 1 aromatic rings. The topological polar surface area (TPSA) is 82.0 Å². The van der Waals surface area contributed by atoms with Gasteiger partial charge in [-0.15, -0.1) is 0 Å². The molecule has 0 aromatic carbocycles. The second-order valence-corrected chi connectivity index (χ2v) is 2.80. The van der Waals surface area contributed by atoms with Crippen LogP contribution in [-0.2, 0) is 10.3 Å². The molecule has 0 aliphatic heterocycles. The fourth-order valence-corrected chi connectivity index (χ4v) is 0.840. The minimum atomic E-state index is -1.11. The number of nitrogens with two attached hydrogens (primary N) is 2. The Morgan fingerprint density at radius 3 is 2.42 bits per heavy atom. The van der Waals surface area contributed by atoms with Gasteiger partial charge in [-0.05, 0) is 24.6 Å². The van der Waals surface area contributed by atoms with Gasteiger partial charge in [0.05, 0.1) is 0 Å². The van der Waals surface area contributed by atoms with Crippen LogP contribution in [0.5, 0.6) is 0 Å². The maximum Gasteiger partial charge on any atom is 0.241 e. The van der Waals surface area contributed by atoms with Crippen molar-refractivity contribution in [3.63, 3.8) is 0 Å². The van der Waals surface area contributed by atoms with E-state index >= 15 is 0 Å². The minimum absolute atomic E-state index is 0.547. The summed E-state index contributed by atoms with van der Waals surface area (Å²) in [6.45, 7) is 1.57. The summed E-state index contributed by atoms with van der Waals surface area (Å²) in [7, 11) is 0. The normalized spacial score (nSPS) is 15.2. The molecule has 0 spiro atoms. The van der Waals surface area contributed by atoms with E-state index in [1.54, 1.807) is 31.5 Å². The zero-order valence-corrected chi connectivity index (χ0v) is 6.82. The number of aromatic nitrogens is 1. The molecule has 0 fully saturated rings. The molecule has 0 aliphatic rings. The van der Waals surface area contributed by atoms with Crippen molar-refractivity contribution in [2.24, 2.45) is 11.5 Å². The van der Waals surface area contributed by atoms with Crippen LogP contribution in [0.4, 0.5) is 0 Å². The number of primary amides is 1. The lowest BCUT2D eigenvalue weighted by Gasteiger charge is -2.20. The van der Waals surface area contributed by atoms with Crippen LogP contribution in [0.25, 0.3) is 0 Å². The van der Waals surface area contributed by atoms with Gasteiger partial charge in [0.2, 0.25) is 5.91 Å². The number of hydrogen-bond donors (Lipinski definition) is 2. The highest BCUT2D eigenvalue weighted by Gasteiger charge is 2.27. The third-order valence-electron chi connectivity index (χ3n) is 1.79. The molecule has 1 amide bonds. The lowest BCUT2D eigenvalue weighted by molar-refractivity contribution is -0.122. The van der Waals surface area contributed by atoms with Crippen LogP contribution >= 0.6 is 0 Å². The van der Waals surface area contributed by atoms with Gasteiger partial charge in [0.25, 0.3) is 0 Å². The van der Waals surface area contributed by atoms with Crippen molar-refractivity contribution in [3.05, 3.63) is 30.1 Å². The summed E-state index contributed by atoms with van der Waals surface area (Å²) in [6, 6.07) is 3.34. The van der Waals surface area contributed by atoms with Gasteiger partial charge in [-0.2, -0.15) is 0 Å². The van der Waals surface area contributed by atoms with Gasteiger partial charge in [-0.1, -0.05) is 0 Å². The third-order valence-corrected chi connectivity index (χ3v) is 1.79. The first-order valence-electron chi connectivity index (χ1n) is 3.54. The average molecular weight is 165 g/mol. The first kappa shape index (κ1) is 8.67. The molecule has 1 rings (SSSR count). The molecule has 4 heteroatoms. The Balaban J connectivity index is 3.06. The van der Waals surface area contributed by atoms with Crippen LogP contribution < -0.4 is 11.5 Å². The molecule has 0 bridgehead atoms. The molecule has 0 saturated heterocycles. The molecular formula is C8H11N3O. The monoisotopic (exact) mass is 165 g/mol. The summed E-state index contributed by atoms with van der Waals surface area (Å²) in [5.74, 6) is -0.547. The summed E-state index contributed by atoms with van der Waals surface area (Å²) >= 11 is 0. The smallest absolute Gasteiger partial charge is 0.241 e. The second kappa shape index (κ2) is 2.91. The summed E-state index contributed by atoms with van der Waals surface area (Å²) < 4.78 is 0. The highest BCUT2D eigenvalue weighted by molar-refractivity contribution is 5.85. The van der Waals surface area contributed by atoms with E-state index in [1.165, 1.54) is 0 Å². The average Bonchev–Trinajstić information content (AvgIpc) is 2.06. The number of rotatable bonds is 2.